The standard InChI is InChI=1S/C30H26F3N3O6S/c31-22-7-12-25(13-8-22)43(38,39)35-29(37)21-5-9-23(10-6-21)36(19-20-3-1-15-34-18-20)24-11-14-26(42-30(32)33)27(17-24)41-28-4-2-16-40-28/h1,3,5-15,17-18,28,30H,2,4,16,19H2,(H,35,37). The normalized spacial score (nSPS) is 14.8. The van der Waals surface area contributed by atoms with Gasteiger partial charge in [0.2, 0.25) is 0 Å². The lowest BCUT2D eigenvalue weighted by Crippen LogP contribution is -2.30. The third-order valence-electron chi connectivity index (χ3n) is 6.46. The van der Waals surface area contributed by atoms with Crippen LogP contribution < -0.4 is 19.1 Å². The average Bonchev–Trinajstić information content (AvgIpc) is 3.50. The highest BCUT2D eigenvalue weighted by molar-refractivity contribution is 7.90. The number of nitrogens with one attached hydrogen (secondary N) is 1. The predicted octanol–water partition coefficient (Wildman–Crippen LogP) is 5.79. The molecule has 1 N–H and O–H groups in total. The highest BCUT2D eigenvalue weighted by Crippen LogP contribution is 2.38. The van der Waals surface area contributed by atoms with Crippen molar-refractivity contribution in [3.05, 3.63) is 108 Å². The van der Waals surface area contributed by atoms with E-state index in [2.05, 4.69) is 9.72 Å². The van der Waals surface area contributed by atoms with E-state index in [0.29, 0.717) is 30.9 Å². The van der Waals surface area contributed by atoms with Crippen LogP contribution in [-0.4, -0.2) is 38.8 Å². The second-order valence-corrected chi connectivity index (χ2v) is 11.1. The van der Waals surface area contributed by atoms with E-state index in [1.807, 2.05) is 15.7 Å². The SMILES string of the molecule is O=C(NS(=O)(=O)c1ccc(F)cc1)c1ccc(N(Cc2cccnc2)c2ccc(OC(F)F)c(OC3CCCO3)c2)cc1. The monoisotopic (exact) mass is 613 g/mol. The third kappa shape index (κ3) is 7.62. The Kier molecular flexibility index (Phi) is 9.12. The van der Waals surface area contributed by atoms with Crippen LogP contribution >= 0.6 is 0 Å². The van der Waals surface area contributed by atoms with Crippen molar-refractivity contribution in [1.29, 1.82) is 0 Å². The van der Waals surface area contributed by atoms with Crippen LogP contribution in [0.25, 0.3) is 0 Å². The minimum Gasteiger partial charge on any atom is -0.461 e. The van der Waals surface area contributed by atoms with Crippen molar-refractivity contribution in [3.63, 3.8) is 0 Å². The van der Waals surface area contributed by atoms with Crippen LogP contribution in [0.2, 0.25) is 0 Å². The van der Waals surface area contributed by atoms with E-state index in [4.69, 9.17) is 9.47 Å². The Bertz CT molecular complexity index is 1650. The molecule has 0 bridgehead atoms. The number of benzene rings is 3. The minimum atomic E-state index is -4.24. The van der Waals surface area contributed by atoms with Crippen LogP contribution in [0.5, 0.6) is 11.5 Å². The largest absolute Gasteiger partial charge is 0.461 e. The number of anilines is 2. The molecule has 1 atom stereocenters. The van der Waals surface area contributed by atoms with Gasteiger partial charge in [-0.1, -0.05) is 6.07 Å². The highest BCUT2D eigenvalue weighted by Gasteiger charge is 2.23. The zero-order valence-corrected chi connectivity index (χ0v) is 23.3. The maximum absolute atomic E-state index is 13.2. The first-order valence-corrected chi connectivity index (χ1v) is 14.6. The van der Waals surface area contributed by atoms with Crippen LogP contribution in [0, 0.1) is 5.82 Å². The molecule has 0 radical (unpaired) electrons. The molecule has 1 aliphatic rings. The lowest BCUT2D eigenvalue weighted by molar-refractivity contribution is -0.0632. The summed E-state index contributed by atoms with van der Waals surface area (Å²) in [5, 5.41) is 0. The van der Waals surface area contributed by atoms with Gasteiger partial charge in [-0.3, -0.25) is 9.78 Å². The molecule has 4 aromatic rings. The van der Waals surface area contributed by atoms with Crippen molar-refractivity contribution < 1.29 is 40.6 Å². The molecule has 2 heterocycles. The maximum Gasteiger partial charge on any atom is 0.387 e. The molecular formula is C30H26F3N3O6S. The van der Waals surface area contributed by atoms with Gasteiger partial charge in [0.05, 0.1) is 11.5 Å². The number of sulfonamides is 1. The van der Waals surface area contributed by atoms with Crippen LogP contribution in [0.3, 0.4) is 0 Å². The number of halogens is 3. The first-order chi connectivity index (χ1) is 20.7. The van der Waals surface area contributed by atoms with E-state index in [1.165, 1.54) is 18.2 Å². The summed E-state index contributed by atoms with van der Waals surface area (Å²) < 4.78 is 82.7. The second kappa shape index (κ2) is 13.1. The summed E-state index contributed by atoms with van der Waals surface area (Å²) in [6, 6.07) is 18.3. The summed E-state index contributed by atoms with van der Waals surface area (Å²) in [6.45, 7) is -2.27. The number of hydrogen-bond donors (Lipinski definition) is 1. The second-order valence-electron chi connectivity index (χ2n) is 9.45. The Hall–Kier alpha value is -4.62. The lowest BCUT2D eigenvalue weighted by Gasteiger charge is -2.27. The van der Waals surface area contributed by atoms with Crippen molar-refractivity contribution in [1.82, 2.24) is 9.71 Å². The molecule has 0 aliphatic carbocycles. The number of hydrogen-bond acceptors (Lipinski definition) is 8. The predicted molar refractivity (Wildman–Crippen MR) is 150 cm³/mol. The molecule has 3 aromatic carbocycles. The van der Waals surface area contributed by atoms with Gasteiger partial charge in [-0.25, -0.2) is 17.5 Å². The zero-order valence-electron chi connectivity index (χ0n) is 22.5. The Morgan fingerprint density at radius 2 is 1.77 bits per heavy atom. The number of aromatic nitrogens is 1. The van der Waals surface area contributed by atoms with Crippen LogP contribution in [0.1, 0.15) is 28.8 Å². The van der Waals surface area contributed by atoms with Gasteiger partial charge >= 0.3 is 6.61 Å². The van der Waals surface area contributed by atoms with Gasteiger partial charge in [-0.2, -0.15) is 8.78 Å². The van der Waals surface area contributed by atoms with Gasteiger partial charge in [-0.05, 0) is 78.7 Å². The Morgan fingerprint density at radius 1 is 1.02 bits per heavy atom. The zero-order chi connectivity index (χ0) is 30.4. The smallest absolute Gasteiger partial charge is 0.387 e. The van der Waals surface area contributed by atoms with Gasteiger partial charge in [0.25, 0.3) is 15.9 Å². The number of ether oxygens (including phenoxy) is 3. The Labute approximate surface area is 245 Å². The number of alkyl halides is 2. The summed E-state index contributed by atoms with van der Waals surface area (Å²) in [7, 11) is -4.24. The van der Waals surface area contributed by atoms with Gasteiger partial charge in [-0.15, -0.1) is 0 Å². The van der Waals surface area contributed by atoms with Crippen LogP contribution in [0.4, 0.5) is 24.5 Å². The van der Waals surface area contributed by atoms with Crippen molar-refractivity contribution >= 4 is 27.3 Å². The topological polar surface area (TPSA) is 107 Å². The molecule has 1 aromatic heterocycles. The summed E-state index contributed by atoms with van der Waals surface area (Å²) >= 11 is 0. The van der Waals surface area contributed by atoms with Crippen molar-refractivity contribution in [2.45, 2.75) is 37.2 Å². The van der Waals surface area contributed by atoms with E-state index in [1.54, 1.807) is 42.7 Å². The number of pyridine rings is 1. The first-order valence-electron chi connectivity index (χ1n) is 13.1. The van der Waals surface area contributed by atoms with Crippen molar-refractivity contribution in [2.75, 3.05) is 11.5 Å². The quantitative estimate of drug-likeness (QED) is 0.227. The molecule has 43 heavy (non-hydrogen) atoms. The third-order valence-corrected chi connectivity index (χ3v) is 7.80. The molecule has 224 valence electrons. The van der Waals surface area contributed by atoms with Gasteiger partial charge in [0.1, 0.15) is 5.82 Å². The van der Waals surface area contributed by atoms with E-state index in [0.717, 1.165) is 36.2 Å². The molecule has 0 saturated carbocycles. The van der Waals surface area contributed by atoms with Gasteiger partial charge in [0.15, 0.2) is 17.8 Å². The molecular weight excluding hydrogens is 587 g/mol. The molecule has 5 rings (SSSR count). The van der Waals surface area contributed by atoms with Crippen molar-refractivity contribution in [3.8, 4) is 11.5 Å². The molecule has 1 unspecified atom stereocenters. The van der Waals surface area contributed by atoms with E-state index >= 15 is 0 Å². The summed E-state index contributed by atoms with van der Waals surface area (Å²) in [6.07, 6.45) is 4.07. The molecule has 1 aliphatic heterocycles. The van der Waals surface area contributed by atoms with Crippen LogP contribution in [-0.2, 0) is 21.3 Å². The fourth-order valence-corrected chi connectivity index (χ4v) is 5.36. The van der Waals surface area contributed by atoms with E-state index in [-0.39, 0.29) is 22.0 Å². The van der Waals surface area contributed by atoms with Crippen molar-refractivity contribution in [2.24, 2.45) is 0 Å². The molecule has 13 heteroatoms. The molecule has 1 amide bonds. The van der Waals surface area contributed by atoms with E-state index in [9.17, 15) is 26.4 Å². The highest BCUT2D eigenvalue weighted by atomic mass is 32.2. The number of rotatable bonds is 11. The summed E-state index contributed by atoms with van der Waals surface area (Å²) in [5.41, 5.74) is 2.02. The molecule has 9 nitrogen and oxygen atoms in total. The fourth-order valence-electron chi connectivity index (χ4n) is 4.39. The minimum absolute atomic E-state index is 0.0545. The summed E-state index contributed by atoms with van der Waals surface area (Å²) in [4.78, 5) is 18.5. The number of carbonyl (C=O) groups is 1. The molecule has 1 fully saturated rings. The summed E-state index contributed by atoms with van der Waals surface area (Å²) in [5.74, 6) is -1.57. The fraction of sp³-hybridized carbons (Fsp3) is 0.200. The molecule has 1 saturated heterocycles. The number of nitrogens with zero attached hydrogens (tertiary/aromatic N) is 2. The van der Waals surface area contributed by atoms with E-state index < -0.39 is 34.6 Å². The van der Waals surface area contributed by atoms with Gasteiger partial charge in [0, 0.05) is 48.4 Å². The Morgan fingerprint density at radius 3 is 2.42 bits per heavy atom. The number of amides is 1. The first kappa shape index (κ1) is 29.9. The molecule has 0 spiro atoms. The maximum atomic E-state index is 13.2. The lowest BCUT2D eigenvalue weighted by atomic mass is 10.1. The van der Waals surface area contributed by atoms with Crippen LogP contribution in [0.15, 0.2) is 96.2 Å². The van der Waals surface area contributed by atoms with Gasteiger partial charge < -0.3 is 19.1 Å². The Balaban J connectivity index is 1.43. The average molecular weight is 614 g/mol. The number of carbonyl (C=O) groups excluding carboxylic acids is 1.